The van der Waals surface area contributed by atoms with Crippen molar-refractivity contribution in [2.45, 2.75) is 41.0 Å². The molecule has 0 radical (unpaired) electrons. The predicted octanol–water partition coefficient (Wildman–Crippen LogP) is 2.68. The van der Waals surface area contributed by atoms with Crippen LogP contribution in [0.1, 0.15) is 41.0 Å². The van der Waals surface area contributed by atoms with Crippen LogP contribution < -0.4 is 5.32 Å². The van der Waals surface area contributed by atoms with Crippen LogP contribution in [0.3, 0.4) is 0 Å². The Hall–Kier alpha value is -0.0800. The molecule has 0 aliphatic carbocycles. The molecule has 0 unspecified atom stereocenters. The van der Waals surface area contributed by atoms with Crippen LogP contribution >= 0.6 is 0 Å². The second-order valence-corrected chi connectivity index (χ2v) is 5.53. The van der Waals surface area contributed by atoms with Crippen LogP contribution in [0.2, 0.25) is 0 Å². The molecule has 0 aromatic heterocycles. The van der Waals surface area contributed by atoms with Gasteiger partial charge in [0.15, 0.2) is 0 Å². The zero-order valence-corrected chi connectivity index (χ0v) is 10.5. The van der Waals surface area contributed by atoms with E-state index in [4.69, 9.17) is 4.74 Å². The van der Waals surface area contributed by atoms with Crippen molar-refractivity contribution in [2.24, 2.45) is 11.3 Å². The SMILES string of the molecule is CC(C)COCCNCCC(C)(C)C. The second kappa shape index (κ2) is 7.24. The number of rotatable bonds is 7. The van der Waals surface area contributed by atoms with Gasteiger partial charge in [0.25, 0.3) is 0 Å². The third-order valence-electron chi connectivity index (χ3n) is 1.93. The summed E-state index contributed by atoms with van der Waals surface area (Å²) in [6, 6.07) is 0. The molecule has 1 N–H and O–H groups in total. The lowest BCUT2D eigenvalue weighted by Gasteiger charge is -2.18. The smallest absolute Gasteiger partial charge is 0.0591 e. The van der Waals surface area contributed by atoms with Crippen LogP contribution in [0, 0.1) is 11.3 Å². The van der Waals surface area contributed by atoms with Gasteiger partial charge in [-0.3, -0.25) is 0 Å². The summed E-state index contributed by atoms with van der Waals surface area (Å²) in [5.41, 5.74) is 0.436. The van der Waals surface area contributed by atoms with Gasteiger partial charge in [0.05, 0.1) is 6.61 Å². The fourth-order valence-electron chi connectivity index (χ4n) is 1.05. The Morgan fingerprint density at radius 1 is 1.14 bits per heavy atom. The highest BCUT2D eigenvalue weighted by atomic mass is 16.5. The van der Waals surface area contributed by atoms with E-state index in [0.717, 1.165) is 26.3 Å². The molecule has 0 rings (SSSR count). The predicted molar refractivity (Wildman–Crippen MR) is 62.6 cm³/mol. The Morgan fingerprint density at radius 3 is 2.29 bits per heavy atom. The maximum absolute atomic E-state index is 5.46. The van der Waals surface area contributed by atoms with E-state index in [1.165, 1.54) is 6.42 Å². The van der Waals surface area contributed by atoms with Crippen molar-refractivity contribution < 1.29 is 4.74 Å². The minimum absolute atomic E-state index is 0.436. The molecular formula is C12H27NO. The first-order valence-corrected chi connectivity index (χ1v) is 5.70. The summed E-state index contributed by atoms with van der Waals surface area (Å²) in [4.78, 5) is 0. The lowest BCUT2D eigenvalue weighted by molar-refractivity contribution is 0.111. The molecule has 0 bridgehead atoms. The third-order valence-corrected chi connectivity index (χ3v) is 1.93. The summed E-state index contributed by atoms with van der Waals surface area (Å²) in [6.07, 6.45) is 1.22. The van der Waals surface area contributed by atoms with Crippen molar-refractivity contribution >= 4 is 0 Å². The van der Waals surface area contributed by atoms with Crippen LogP contribution in [0.15, 0.2) is 0 Å². The Kier molecular flexibility index (Phi) is 7.20. The Morgan fingerprint density at radius 2 is 1.79 bits per heavy atom. The molecule has 0 saturated carbocycles. The molecule has 0 aromatic rings. The third kappa shape index (κ3) is 11.9. The zero-order chi connectivity index (χ0) is 11.0. The maximum Gasteiger partial charge on any atom is 0.0591 e. The van der Waals surface area contributed by atoms with E-state index in [-0.39, 0.29) is 0 Å². The number of hydrogen-bond acceptors (Lipinski definition) is 2. The first kappa shape index (κ1) is 13.9. The van der Waals surface area contributed by atoms with Crippen LogP contribution in [0.5, 0.6) is 0 Å². The maximum atomic E-state index is 5.46. The van der Waals surface area contributed by atoms with Crippen LogP contribution in [0.4, 0.5) is 0 Å². The minimum atomic E-state index is 0.436. The molecule has 0 fully saturated rings. The monoisotopic (exact) mass is 201 g/mol. The summed E-state index contributed by atoms with van der Waals surface area (Å²) in [6.45, 7) is 14.9. The number of hydrogen-bond donors (Lipinski definition) is 1. The highest BCUT2D eigenvalue weighted by Crippen LogP contribution is 2.16. The first-order valence-electron chi connectivity index (χ1n) is 5.70. The summed E-state index contributed by atoms with van der Waals surface area (Å²) >= 11 is 0. The summed E-state index contributed by atoms with van der Waals surface area (Å²) < 4.78 is 5.46. The van der Waals surface area contributed by atoms with Gasteiger partial charge < -0.3 is 10.1 Å². The summed E-state index contributed by atoms with van der Waals surface area (Å²) in [5, 5.41) is 3.39. The van der Waals surface area contributed by atoms with Gasteiger partial charge in [0, 0.05) is 13.2 Å². The standard InChI is InChI=1S/C12H27NO/c1-11(2)10-14-9-8-13-7-6-12(3,4)5/h11,13H,6-10H2,1-5H3. The van der Waals surface area contributed by atoms with Crippen molar-refractivity contribution in [2.75, 3.05) is 26.3 Å². The summed E-state index contributed by atoms with van der Waals surface area (Å²) in [7, 11) is 0. The lowest BCUT2D eigenvalue weighted by Crippen LogP contribution is -2.24. The van der Waals surface area contributed by atoms with Crippen molar-refractivity contribution in [3.05, 3.63) is 0 Å². The van der Waals surface area contributed by atoms with Crippen molar-refractivity contribution in [1.29, 1.82) is 0 Å². The normalized spacial score (nSPS) is 12.4. The molecule has 0 saturated heterocycles. The van der Waals surface area contributed by atoms with E-state index < -0.39 is 0 Å². The molecule has 2 nitrogen and oxygen atoms in total. The topological polar surface area (TPSA) is 21.3 Å². The fourth-order valence-corrected chi connectivity index (χ4v) is 1.05. The Labute approximate surface area is 89.4 Å². The van der Waals surface area contributed by atoms with E-state index in [1.54, 1.807) is 0 Å². The molecule has 2 heteroatoms. The van der Waals surface area contributed by atoms with Gasteiger partial charge >= 0.3 is 0 Å². The van der Waals surface area contributed by atoms with E-state index in [2.05, 4.69) is 39.9 Å². The van der Waals surface area contributed by atoms with E-state index in [0.29, 0.717) is 11.3 Å². The Balaban J connectivity index is 3.07. The summed E-state index contributed by atoms with van der Waals surface area (Å²) in [5.74, 6) is 0.643. The molecule has 0 amide bonds. The average molecular weight is 201 g/mol. The van der Waals surface area contributed by atoms with Crippen LogP contribution in [-0.4, -0.2) is 26.3 Å². The molecule has 0 aliphatic heterocycles. The fraction of sp³-hybridized carbons (Fsp3) is 1.00. The molecule has 0 heterocycles. The largest absolute Gasteiger partial charge is 0.380 e. The Bertz CT molecular complexity index is 127. The van der Waals surface area contributed by atoms with Gasteiger partial charge in [-0.25, -0.2) is 0 Å². The first-order chi connectivity index (χ1) is 6.42. The number of ether oxygens (including phenoxy) is 1. The zero-order valence-electron chi connectivity index (χ0n) is 10.5. The van der Waals surface area contributed by atoms with Gasteiger partial charge in [-0.2, -0.15) is 0 Å². The van der Waals surface area contributed by atoms with Crippen molar-refractivity contribution in [3.8, 4) is 0 Å². The van der Waals surface area contributed by atoms with Crippen molar-refractivity contribution in [1.82, 2.24) is 5.32 Å². The number of nitrogens with one attached hydrogen (secondary N) is 1. The highest BCUT2D eigenvalue weighted by molar-refractivity contribution is 4.62. The van der Waals surface area contributed by atoms with Gasteiger partial charge in [-0.15, -0.1) is 0 Å². The molecule has 0 aliphatic rings. The van der Waals surface area contributed by atoms with Gasteiger partial charge in [0.2, 0.25) is 0 Å². The van der Waals surface area contributed by atoms with Gasteiger partial charge in [-0.1, -0.05) is 34.6 Å². The molecule has 0 atom stereocenters. The molecule has 86 valence electrons. The lowest BCUT2D eigenvalue weighted by atomic mass is 9.92. The molecule has 14 heavy (non-hydrogen) atoms. The van der Waals surface area contributed by atoms with Crippen LogP contribution in [0.25, 0.3) is 0 Å². The minimum Gasteiger partial charge on any atom is -0.380 e. The molecule has 0 aromatic carbocycles. The molecular weight excluding hydrogens is 174 g/mol. The van der Waals surface area contributed by atoms with Crippen LogP contribution in [-0.2, 0) is 4.74 Å². The van der Waals surface area contributed by atoms with E-state index in [9.17, 15) is 0 Å². The molecule has 0 spiro atoms. The van der Waals surface area contributed by atoms with Crippen molar-refractivity contribution in [3.63, 3.8) is 0 Å². The van der Waals surface area contributed by atoms with E-state index in [1.807, 2.05) is 0 Å². The highest BCUT2D eigenvalue weighted by Gasteiger charge is 2.08. The van der Waals surface area contributed by atoms with E-state index >= 15 is 0 Å². The van der Waals surface area contributed by atoms with Gasteiger partial charge in [0.1, 0.15) is 0 Å². The quantitative estimate of drug-likeness (QED) is 0.639. The van der Waals surface area contributed by atoms with Gasteiger partial charge in [-0.05, 0) is 24.3 Å². The average Bonchev–Trinajstić information content (AvgIpc) is 2.00. The second-order valence-electron chi connectivity index (χ2n) is 5.53.